The molecular weight excluding hydrogens is 517 g/mol. The Morgan fingerprint density at radius 1 is 0.949 bits per heavy atom. The highest BCUT2D eigenvalue weighted by atomic mass is 19.1. The van der Waals surface area contributed by atoms with E-state index in [9.17, 15) is 27.6 Å². The van der Waals surface area contributed by atoms with E-state index in [0.717, 1.165) is 19.1 Å². The van der Waals surface area contributed by atoms with Gasteiger partial charge in [0.05, 0.1) is 13.0 Å². The lowest BCUT2D eigenvalue weighted by Gasteiger charge is -2.27. The van der Waals surface area contributed by atoms with Gasteiger partial charge in [-0.15, -0.1) is 0 Å². The number of amides is 1. The Bertz CT molecular complexity index is 1350. The second-order valence-electron chi connectivity index (χ2n) is 8.79. The van der Waals surface area contributed by atoms with Gasteiger partial charge in [0, 0.05) is 25.3 Å². The fourth-order valence-electron chi connectivity index (χ4n) is 3.98. The van der Waals surface area contributed by atoms with Crippen LogP contribution in [0.5, 0.6) is 11.5 Å². The first-order chi connectivity index (χ1) is 18.4. The third-order valence-corrected chi connectivity index (χ3v) is 5.81. The third-order valence-electron chi connectivity index (χ3n) is 5.81. The van der Waals surface area contributed by atoms with Crippen LogP contribution >= 0.6 is 0 Å². The molecule has 0 aliphatic heterocycles. The molecule has 0 aliphatic rings. The molecule has 39 heavy (non-hydrogen) atoms. The SMILES string of the molecule is COc1ccnc(C(=O)N[C@@H](C)C(=O)O[C@@H](C)[C@@H](c2ccc(C)cc2F)c2ccc(F)cc2F)c1OC(C)=O. The summed E-state index contributed by atoms with van der Waals surface area (Å²) in [7, 11) is 1.31. The van der Waals surface area contributed by atoms with E-state index < -0.39 is 53.4 Å². The molecule has 0 bridgehead atoms. The minimum atomic E-state index is -1.25. The molecule has 0 aliphatic carbocycles. The van der Waals surface area contributed by atoms with Crippen molar-refractivity contribution < 1.29 is 41.8 Å². The van der Waals surface area contributed by atoms with Crippen molar-refractivity contribution in [3.63, 3.8) is 0 Å². The average molecular weight is 545 g/mol. The lowest BCUT2D eigenvalue weighted by molar-refractivity contribution is -0.150. The van der Waals surface area contributed by atoms with Crippen molar-refractivity contribution in [1.82, 2.24) is 10.3 Å². The number of hydrogen-bond acceptors (Lipinski definition) is 7. The summed E-state index contributed by atoms with van der Waals surface area (Å²) < 4.78 is 59.0. The molecule has 0 fully saturated rings. The second kappa shape index (κ2) is 12.4. The molecule has 11 heteroatoms. The van der Waals surface area contributed by atoms with Gasteiger partial charge in [-0.05, 0) is 49.6 Å². The van der Waals surface area contributed by atoms with Crippen LogP contribution in [-0.2, 0) is 14.3 Å². The Labute approximate surface area is 223 Å². The molecule has 206 valence electrons. The highest BCUT2D eigenvalue weighted by Crippen LogP contribution is 2.34. The van der Waals surface area contributed by atoms with Crippen LogP contribution in [0, 0.1) is 24.4 Å². The lowest BCUT2D eigenvalue weighted by atomic mass is 9.86. The molecule has 1 amide bonds. The third kappa shape index (κ3) is 6.92. The van der Waals surface area contributed by atoms with E-state index >= 15 is 0 Å². The van der Waals surface area contributed by atoms with Crippen molar-refractivity contribution in [2.45, 2.75) is 45.8 Å². The summed E-state index contributed by atoms with van der Waals surface area (Å²) >= 11 is 0. The number of methoxy groups -OCH3 is 1. The maximum Gasteiger partial charge on any atom is 0.328 e. The van der Waals surface area contributed by atoms with Crippen molar-refractivity contribution in [1.29, 1.82) is 0 Å². The van der Waals surface area contributed by atoms with E-state index in [1.165, 1.54) is 45.4 Å². The first-order valence-electron chi connectivity index (χ1n) is 11.9. The number of aryl methyl sites for hydroxylation is 1. The number of nitrogens with one attached hydrogen (secondary N) is 1. The van der Waals surface area contributed by atoms with Gasteiger partial charge in [-0.25, -0.2) is 22.9 Å². The van der Waals surface area contributed by atoms with Crippen LogP contribution < -0.4 is 14.8 Å². The Balaban J connectivity index is 1.85. The summed E-state index contributed by atoms with van der Waals surface area (Å²) in [5, 5.41) is 2.40. The number of esters is 2. The minimum Gasteiger partial charge on any atom is -0.493 e. The summed E-state index contributed by atoms with van der Waals surface area (Å²) in [6.07, 6.45) is 0.115. The number of pyridine rings is 1. The fraction of sp³-hybridized carbons (Fsp3) is 0.286. The van der Waals surface area contributed by atoms with Crippen LogP contribution in [0.25, 0.3) is 0 Å². The standard InChI is InChI=1S/C28H27F3N2O6/c1-14-6-8-19(21(30)12-14)24(20-9-7-18(29)13-22(20)31)16(3)38-28(36)15(2)33-27(35)25-26(39-17(4)34)23(37-5)10-11-32-25/h6-13,15-16,24H,1-5H3,(H,33,35)/t15-,16-,24-/m0/s1. The quantitative estimate of drug-likeness (QED) is 0.392. The van der Waals surface area contributed by atoms with Crippen LogP contribution in [0.3, 0.4) is 0 Å². The Morgan fingerprint density at radius 3 is 2.18 bits per heavy atom. The number of ether oxygens (including phenoxy) is 3. The fourth-order valence-corrected chi connectivity index (χ4v) is 3.98. The Kier molecular flexibility index (Phi) is 9.29. The van der Waals surface area contributed by atoms with Crippen molar-refractivity contribution in [3.05, 3.63) is 88.5 Å². The molecule has 8 nitrogen and oxygen atoms in total. The number of rotatable bonds is 9. The molecule has 3 atom stereocenters. The van der Waals surface area contributed by atoms with Gasteiger partial charge >= 0.3 is 11.9 Å². The predicted molar refractivity (Wildman–Crippen MR) is 134 cm³/mol. The summed E-state index contributed by atoms with van der Waals surface area (Å²) in [5.74, 6) is -6.23. The van der Waals surface area contributed by atoms with E-state index in [1.54, 1.807) is 13.0 Å². The molecule has 0 saturated heterocycles. The first kappa shape index (κ1) is 29.2. The molecule has 0 radical (unpaired) electrons. The first-order valence-corrected chi connectivity index (χ1v) is 11.9. The lowest BCUT2D eigenvalue weighted by Crippen LogP contribution is -2.42. The van der Waals surface area contributed by atoms with Crippen LogP contribution in [0.1, 0.15) is 53.9 Å². The molecule has 3 aromatic rings. The van der Waals surface area contributed by atoms with Crippen molar-refractivity contribution in [3.8, 4) is 11.5 Å². The van der Waals surface area contributed by atoms with Gasteiger partial charge in [0.2, 0.25) is 5.75 Å². The van der Waals surface area contributed by atoms with E-state index in [0.29, 0.717) is 11.6 Å². The molecule has 1 N–H and O–H groups in total. The summed E-state index contributed by atoms with van der Waals surface area (Å²) in [4.78, 5) is 41.2. The van der Waals surface area contributed by atoms with Crippen molar-refractivity contribution >= 4 is 17.8 Å². The van der Waals surface area contributed by atoms with E-state index in [-0.39, 0.29) is 28.3 Å². The number of halogens is 3. The Morgan fingerprint density at radius 2 is 1.59 bits per heavy atom. The highest BCUT2D eigenvalue weighted by Gasteiger charge is 2.32. The minimum absolute atomic E-state index is 0.0368. The van der Waals surface area contributed by atoms with Crippen LogP contribution in [0.15, 0.2) is 48.7 Å². The summed E-state index contributed by atoms with van der Waals surface area (Å²) in [6.45, 7) is 5.57. The van der Waals surface area contributed by atoms with Crippen LogP contribution in [0.2, 0.25) is 0 Å². The van der Waals surface area contributed by atoms with Gasteiger partial charge < -0.3 is 19.5 Å². The normalized spacial score (nSPS) is 13.1. The van der Waals surface area contributed by atoms with Gasteiger partial charge in [0.15, 0.2) is 11.4 Å². The molecular formula is C28H27F3N2O6. The highest BCUT2D eigenvalue weighted by molar-refractivity contribution is 5.98. The van der Waals surface area contributed by atoms with Crippen molar-refractivity contribution in [2.75, 3.05) is 7.11 Å². The molecule has 2 aromatic carbocycles. The van der Waals surface area contributed by atoms with E-state index in [1.807, 2.05) is 0 Å². The molecule has 3 rings (SSSR count). The largest absolute Gasteiger partial charge is 0.493 e. The van der Waals surface area contributed by atoms with Gasteiger partial charge in [-0.1, -0.05) is 18.2 Å². The van der Waals surface area contributed by atoms with Gasteiger partial charge in [-0.2, -0.15) is 0 Å². The number of hydrogen-bond donors (Lipinski definition) is 1. The van der Waals surface area contributed by atoms with Gasteiger partial charge in [-0.3, -0.25) is 9.59 Å². The molecule has 0 spiro atoms. The number of aromatic nitrogens is 1. The maximum absolute atomic E-state index is 15.0. The average Bonchev–Trinajstić information content (AvgIpc) is 2.86. The molecule has 0 unspecified atom stereocenters. The molecule has 1 heterocycles. The van der Waals surface area contributed by atoms with Crippen LogP contribution in [-0.4, -0.2) is 42.1 Å². The zero-order chi connectivity index (χ0) is 28.9. The smallest absolute Gasteiger partial charge is 0.328 e. The van der Waals surface area contributed by atoms with Gasteiger partial charge in [0.1, 0.15) is 29.6 Å². The number of benzene rings is 2. The molecule has 0 saturated carbocycles. The Hall–Kier alpha value is -4.41. The number of carbonyl (C=O) groups is 3. The summed E-state index contributed by atoms with van der Waals surface area (Å²) in [5.41, 5.74) is 0.262. The molecule has 1 aromatic heterocycles. The number of carbonyl (C=O) groups excluding carboxylic acids is 3. The predicted octanol–water partition coefficient (Wildman–Crippen LogP) is 4.62. The second-order valence-corrected chi connectivity index (χ2v) is 8.79. The monoisotopic (exact) mass is 544 g/mol. The zero-order valence-corrected chi connectivity index (χ0v) is 21.9. The van der Waals surface area contributed by atoms with Gasteiger partial charge in [0.25, 0.3) is 5.91 Å². The zero-order valence-electron chi connectivity index (χ0n) is 21.9. The van der Waals surface area contributed by atoms with E-state index in [4.69, 9.17) is 14.2 Å². The maximum atomic E-state index is 15.0. The number of nitrogens with zero attached hydrogens (tertiary/aromatic N) is 1. The van der Waals surface area contributed by atoms with E-state index in [2.05, 4.69) is 10.3 Å². The summed E-state index contributed by atoms with van der Waals surface area (Å²) in [6, 6.07) is 7.29. The topological polar surface area (TPSA) is 104 Å². The van der Waals surface area contributed by atoms with Crippen molar-refractivity contribution in [2.24, 2.45) is 0 Å². The van der Waals surface area contributed by atoms with Crippen LogP contribution in [0.4, 0.5) is 13.2 Å².